The smallest absolute Gasteiger partial charge is 0.230 e. The van der Waals surface area contributed by atoms with Gasteiger partial charge < -0.3 is 20.1 Å². The predicted octanol–water partition coefficient (Wildman–Crippen LogP) is 1.64. The number of rotatable bonds is 2. The summed E-state index contributed by atoms with van der Waals surface area (Å²) in [5.41, 5.74) is 6.67. The number of benzene rings is 1. The van der Waals surface area contributed by atoms with Gasteiger partial charge in [-0.25, -0.2) is 0 Å². The molecule has 0 unspecified atom stereocenters. The number of nitrogen functional groups attached to an aromatic ring is 1. The monoisotopic (exact) mass is 206 g/mol. The highest BCUT2D eigenvalue weighted by molar-refractivity contribution is 5.77. The second-order valence-corrected chi connectivity index (χ2v) is 2.99. The van der Waals surface area contributed by atoms with Crippen LogP contribution in [0.5, 0.6) is 11.5 Å². The van der Waals surface area contributed by atoms with Gasteiger partial charge in [-0.05, 0) is 12.1 Å². The molecule has 0 spiro atoms. The van der Waals surface area contributed by atoms with Crippen LogP contribution in [0.2, 0.25) is 0 Å². The summed E-state index contributed by atoms with van der Waals surface area (Å²) in [6.45, 7) is 0. The Balaban J connectivity index is 2.50. The molecule has 3 N–H and O–H groups in total. The largest absolute Gasteiger partial charge is 0.507 e. The summed E-state index contributed by atoms with van der Waals surface area (Å²) in [4.78, 5) is 0. The summed E-state index contributed by atoms with van der Waals surface area (Å²) in [5, 5.41) is 13.3. The Labute approximate surface area is 86.1 Å². The second-order valence-electron chi connectivity index (χ2n) is 2.99. The van der Waals surface area contributed by atoms with Crippen molar-refractivity contribution in [3.05, 3.63) is 24.4 Å². The highest BCUT2D eigenvalue weighted by Gasteiger charge is 2.11. The van der Waals surface area contributed by atoms with Crippen LogP contribution >= 0.6 is 0 Å². The second kappa shape index (κ2) is 3.53. The standard InChI is InChI=1S/C10H10N2O3/c1-14-6-2-3-7(9(13)4-6)8-5-12-15-10(8)11/h2-5,13H,11H2,1H3. The Bertz CT molecular complexity index is 479. The first kappa shape index (κ1) is 9.39. The molecule has 0 atom stereocenters. The molecule has 0 aliphatic heterocycles. The van der Waals surface area contributed by atoms with Crippen molar-refractivity contribution >= 4 is 5.88 Å². The molecule has 0 amide bonds. The molecule has 5 heteroatoms. The molecule has 0 aliphatic rings. The van der Waals surface area contributed by atoms with Gasteiger partial charge in [0.05, 0.1) is 18.9 Å². The number of aromatic hydroxyl groups is 1. The Morgan fingerprint density at radius 3 is 2.73 bits per heavy atom. The van der Waals surface area contributed by atoms with Gasteiger partial charge in [0.25, 0.3) is 0 Å². The maximum Gasteiger partial charge on any atom is 0.230 e. The molecule has 1 heterocycles. The van der Waals surface area contributed by atoms with E-state index in [-0.39, 0.29) is 11.6 Å². The Hall–Kier alpha value is -2.17. The van der Waals surface area contributed by atoms with E-state index in [9.17, 15) is 5.11 Å². The van der Waals surface area contributed by atoms with Crippen LogP contribution in [0.4, 0.5) is 5.88 Å². The van der Waals surface area contributed by atoms with Gasteiger partial charge >= 0.3 is 0 Å². The zero-order valence-corrected chi connectivity index (χ0v) is 8.10. The van der Waals surface area contributed by atoms with E-state index in [2.05, 4.69) is 5.16 Å². The van der Waals surface area contributed by atoms with E-state index in [0.29, 0.717) is 16.9 Å². The van der Waals surface area contributed by atoms with Crippen molar-refractivity contribution in [2.75, 3.05) is 12.8 Å². The molecule has 2 rings (SSSR count). The maximum atomic E-state index is 9.71. The molecule has 0 saturated carbocycles. The lowest BCUT2D eigenvalue weighted by Crippen LogP contribution is -1.87. The van der Waals surface area contributed by atoms with Crippen molar-refractivity contribution in [2.24, 2.45) is 0 Å². The molecule has 1 aromatic carbocycles. The molecule has 0 bridgehead atoms. The van der Waals surface area contributed by atoms with Crippen LogP contribution in [0.1, 0.15) is 0 Å². The lowest BCUT2D eigenvalue weighted by atomic mass is 10.1. The number of nitrogens with two attached hydrogens (primary N) is 1. The van der Waals surface area contributed by atoms with Crippen LogP contribution < -0.4 is 10.5 Å². The normalized spacial score (nSPS) is 10.2. The lowest BCUT2D eigenvalue weighted by molar-refractivity contribution is 0.408. The number of aromatic nitrogens is 1. The number of hydrogen-bond acceptors (Lipinski definition) is 5. The average Bonchev–Trinajstić information content (AvgIpc) is 2.64. The van der Waals surface area contributed by atoms with Gasteiger partial charge in [-0.2, -0.15) is 0 Å². The summed E-state index contributed by atoms with van der Waals surface area (Å²) in [6, 6.07) is 4.92. The van der Waals surface area contributed by atoms with E-state index in [1.807, 2.05) is 0 Å². The van der Waals surface area contributed by atoms with Crippen LogP contribution in [0.15, 0.2) is 28.9 Å². The van der Waals surface area contributed by atoms with Crippen molar-refractivity contribution in [1.82, 2.24) is 5.16 Å². The van der Waals surface area contributed by atoms with Crippen LogP contribution in [-0.4, -0.2) is 17.4 Å². The van der Waals surface area contributed by atoms with Crippen molar-refractivity contribution in [1.29, 1.82) is 0 Å². The van der Waals surface area contributed by atoms with Crippen LogP contribution in [-0.2, 0) is 0 Å². The average molecular weight is 206 g/mol. The molecule has 2 aromatic rings. The van der Waals surface area contributed by atoms with Gasteiger partial charge in [0.15, 0.2) is 0 Å². The first-order valence-corrected chi connectivity index (χ1v) is 4.30. The number of phenols is 1. The quantitative estimate of drug-likeness (QED) is 0.780. The minimum atomic E-state index is 0.0734. The fourth-order valence-electron chi connectivity index (χ4n) is 1.32. The summed E-state index contributed by atoms with van der Waals surface area (Å²) >= 11 is 0. The van der Waals surface area contributed by atoms with Crippen molar-refractivity contribution in [3.8, 4) is 22.6 Å². The minimum Gasteiger partial charge on any atom is -0.507 e. The molecule has 5 nitrogen and oxygen atoms in total. The highest BCUT2D eigenvalue weighted by Crippen LogP contribution is 2.35. The van der Waals surface area contributed by atoms with Gasteiger partial charge in [0.2, 0.25) is 5.88 Å². The van der Waals surface area contributed by atoms with E-state index < -0.39 is 0 Å². The van der Waals surface area contributed by atoms with Crippen LogP contribution in [0.25, 0.3) is 11.1 Å². The zero-order chi connectivity index (χ0) is 10.8. The van der Waals surface area contributed by atoms with E-state index in [0.717, 1.165) is 0 Å². The van der Waals surface area contributed by atoms with Gasteiger partial charge in [-0.3, -0.25) is 0 Å². The van der Waals surface area contributed by atoms with E-state index in [1.54, 1.807) is 12.1 Å². The zero-order valence-electron chi connectivity index (χ0n) is 8.10. The third kappa shape index (κ3) is 1.59. The molecular formula is C10H10N2O3. The molecule has 0 aliphatic carbocycles. The van der Waals surface area contributed by atoms with Crippen LogP contribution in [0.3, 0.4) is 0 Å². The van der Waals surface area contributed by atoms with Crippen molar-refractivity contribution in [2.45, 2.75) is 0 Å². The summed E-state index contributed by atoms with van der Waals surface area (Å²) in [7, 11) is 1.53. The fraction of sp³-hybridized carbons (Fsp3) is 0.100. The van der Waals surface area contributed by atoms with Crippen molar-refractivity contribution < 1.29 is 14.4 Å². The molecule has 0 fully saturated rings. The first-order chi connectivity index (χ1) is 7.22. The fourth-order valence-corrected chi connectivity index (χ4v) is 1.32. The highest BCUT2D eigenvalue weighted by atomic mass is 16.5. The Kier molecular flexibility index (Phi) is 2.21. The molecule has 0 saturated heterocycles. The first-order valence-electron chi connectivity index (χ1n) is 4.30. The lowest BCUT2D eigenvalue weighted by Gasteiger charge is -2.04. The number of hydrogen-bond donors (Lipinski definition) is 2. The predicted molar refractivity (Wildman–Crippen MR) is 54.6 cm³/mol. The maximum absolute atomic E-state index is 9.71. The summed E-state index contributed by atoms with van der Waals surface area (Å²) < 4.78 is 9.68. The van der Waals surface area contributed by atoms with Gasteiger partial charge in [-0.1, -0.05) is 5.16 Å². The Morgan fingerprint density at radius 2 is 2.20 bits per heavy atom. The molecule has 15 heavy (non-hydrogen) atoms. The Morgan fingerprint density at radius 1 is 1.40 bits per heavy atom. The number of methoxy groups -OCH3 is 1. The van der Waals surface area contributed by atoms with Gasteiger partial charge in [0, 0.05) is 11.6 Å². The number of nitrogens with zero attached hydrogens (tertiary/aromatic N) is 1. The third-order valence-electron chi connectivity index (χ3n) is 2.09. The van der Waals surface area contributed by atoms with Gasteiger partial charge in [0.1, 0.15) is 11.5 Å². The number of phenolic OH excluding ortho intramolecular Hbond substituents is 1. The van der Waals surface area contributed by atoms with E-state index in [4.69, 9.17) is 15.0 Å². The van der Waals surface area contributed by atoms with E-state index >= 15 is 0 Å². The number of anilines is 1. The molecular weight excluding hydrogens is 196 g/mol. The molecule has 78 valence electrons. The topological polar surface area (TPSA) is 81.5 Å². The summed E-state index contributed by atoms with van der Waals surface area (Å²) in [5.74, 6) is 0.825. The van der Waals surface area contributed by atoms with Crippen molar-refractivity contribution in [3.63, 3.8) is 0 Å². The van der Waals surface area contributed by atoms with Crippen LogP contribution in [0, 0.1) is 0 Å². The minimum absolute atomic E-state index is 0.0734. The molecule has 1 aromatic heterocycles. The van der Waals surface area contributed by atoms with Gasteiger partial charge in [-0.15, -0.1) is 0 Å². The third-order valence-corrected chi connectivity index (χ3v) is 2.09. The summed E-state index contributed by atoms with van der Waals surface area (Å²) in [6.07, 6.45) is 1.46. The van der Waals surface area contributed by atoms with E-state index in [1.165, 1.54) is 19.4 Å². The SMILES string of the molecule is COc1ccc(-c2cnoc2N)c(O)c1. The number of ether oxygens (including phenoxy) is 1. The molecule has 0 radical (unpaired) electrons.